The lowest BCUT2D eigenvalue weighted by atomic mass is 9.75. The maximum Gasteiger partial charge on any atom is 0.293 e. The van der Waals surface area contributed by atoms with Crippen LogP contribution < -0.4 is 0 Å². The van der Waals surface area contributed by atoms with Crippen molar-refractivity contribution in [1.82, 2.24) is 20.1 Å². The normalized spacial score (nSPS) is 17.5. The minimum atomic E-state index is -0.0315. The summed E-state index contributed by atoms with van der Waals surface area (Å²) in [6.45, 7) is 10.6. The predicted octanol–water partition coefficient (Wildman–Crippen LogP) is 2.66. The zero-order chi connectivity index (χ0) is 14.8. The van der Waals surface area contributed by atoms with Crippen LogP contribution in [0.5, 0.6) is 0 Å². The second kappa shape index (κ2) is 5.94. The third-order valence-electron chi connectivity index (χ3n) is 4.22. The number of carbonyl (C=O) groups excluding carboxylic acids is 1. The van der Waals surface area contributed by atoms with Gasteiger partial charge in [-0.3, -0.25) is 9.89 Å². The Kier molecular flexibility index (Phi) is 4.45. The van der Waals surface area contributed by atoms with Crippen molar-refractivity contribution in [1.29, 1.82) is 0 Å². The molecule has 0 unspecified atom stereocenters. The van der Waals surface area contributed by atoms with Gasteiger partial charge in [-0.15, -0.1) is 5.10 Å². The first-order chi connectivity index (χ1) is 9.41. The molecule has 0 spiro atoms. The summed E-state index contributed by atoms with van der Waals surface area (Å²) < 4.78 is 0. The Hall–Kier alpha value is -1.39. The van der Waals surface area contributed by atoms with Crippen LogP contribution in [0, 0.1) is 11.3 Å². The van der Waals surface area contributed by atoms with Crippen molar-refractivity contribution in [3.05, 3.63) is 11.6 Å². The van der Waals surface area contributed by atoms with Crippen molar-refractivity contribution in [3.8, 4) is 0 Å². The minimum absolute atomic E-state index is 0.0315. The van der Waals surface area contributed by atoms with Crippen molar-refractivity contribution in [2.75, 3.05) is 13.1 Å². The molecule has 0 atom stereocenters. The zero-order valence-electron chi connectivity index (χ0n) is 13.1. The second-order valence-corrected chi connectivity index (χ2v) is 6.79. The van der Waals surface area contributed by atoms with Gasteiger partial charge in [0.25, 0.3) is 5.91 Å². The fraction of sp³-hybridized carbons (Fsp3) is 0.800. The summed E-state index contributed by atoms with van der Waals surface area (Å²) in [4.78, 5) is 18.5. The summed E-state index contributed by atoms with van der Waals surface area (Å²) in [6.07, 6.45) is 3.98. The number of carbonyl (C=O) groups is 1. The van der Waals surface area contributed by atoms with Crippen LogP contribution in [0.25, 0.3) is 0 Å². The van der Waals surface area contributed by atoms with E-state index in [-0.39, 0.29) is 5.91 Å². The van der Waals surface area contributed by atoms with E-state index in [4.69, 9.17) is 0 Å². The van der Waals surface area contributed by atoms with E-state index in [1.807, 2.05) is 4.90 Å². The predicted molar refractivity (Wildman–Crippen MR) is 78.5 cm³/mol. The van der Waals surface area contributed by atoms with Crippen molar-refractivity contribution >= 4 is 5.91 Å². The van der Waals surface area contributed by atoms with E-state index in [1.165, 1.54) is 0 Å². The van der Waals surface area contributed by atoms with Crippen molar-refractivity contribution in [3.63, 3.8) is 0 Å². The molecule has 1 N–H and O–H groups in total. The van der Waals surface area contributed by atoms with E-state index in [0.717, 1.165) is 44.6 Å². The third kappa shape index (κ3) is 3.38. The number of aromatic amines is 1. The Bertz CT molecular complexity index is 453. The molecule has 0 aliphatic carbocycles. The molecule has 1 aliphatic rings. The zero-order valence-corrected chi connectivity index (χ0v) is 13.1. The van der Waals surface area contributed by atoms with E-state index in [2.05, 4.69) is 42.9 Å². The Morgan fingerprint density at radius 3 is 2.55 bits per heavy atom. The van der Waals surface area contributed by atoms with Crippen LogP contribution >= 0.6 is 0 Å². The number of nitrogens with zero attached hydrogens (tertiary/aromatic N) is 3. The van der Waals surface area contributed by atoms with Crippen LogP contribution in [0.3, 0.4) is 0 Å². The van der Waals surface area contributed by atoms with Gasteiger partial charge in [0.15, 0.2) is 0 Å². The van der Waals surface area contributed by atoms with Gasteiger partial charge in [-0.25, -0.2) is 4.98 Å². The first kappa shape index (κ1) is 15.0. The lowest BCUT2D eigenvalue weighted by Gasteiger charge is -2.38. The molecular formula is C15H26N4O. The van der Waals surface area contributed by atoms with Gasteiger partial charge in [0, 0.05) is 19.5 Å². The molecule has 1 aliphatic heterocycles. The molecule has 2 rings (SSSR count). The van der Waals surface area contributed by atoms with Gasteiger partial charge in [0.2, 0.25) is 5.82 Å². The van der Waals surface area contributed by atoms with Crippen LogP contribution in [0.2, 0.25) is 0 Å². The SMILES string of the molecule is CCCc1nc(C(=O)N2CCC(C(C)(C)C)CC2)n[nH]1. The number of hydrogen-bond acceptors (Lipinski definition) is 3. The van der Waals surface area contributed by atoms with Crippen molar-refractivity contribution in [2.45, 2.75) is 53.4 Å². The highest BCUT2D eigenvalue weighted by atomic mass is 16.2. The van der Waals surface area contributed by atoms with E-state index in [1.54, 1.807) is 0 Å². The number of H-pyrrole nitrogens is 1. The molecule has 112 valence electrons. The van der Waals surface area contributed by atoms with Gasteiger partial charge in [0.05, 0.1) is 0 Å². The topological polar surface area (TPSA) is 61.9 Å². The maximum absolute atomic E-state index is 12.4. The summed E-state index contributed by atoms with van der Waals surface area (Å²) in [5.74, 6) is 1.79. The number of likely N-dealkylation sites (tertiary alicyclic amines) is 1. The molecule has 0 radical (unpaired) electrons. The van der Waals surface area contributed by atoms with Gasteiger partial charge in [-0.1, -0.05) is 27.7 Å². The van der Waals surface area contributed by atoms with E-state index in [9.17, 15) is 4.79 Å². The number of nitrogens with one attached hydrogen (secondary N) is 1. The van der Waals surface area contributed by atoms with Gasteiger partial charge >= 0.3 is 0 Å². The van der Waals surface area contributed by atoms with E-state index in [0.29, 0.717) is 17.2 Å². The molecule has 1 aromatic heterocycles. The van der Waals surface area contributed by atoms with E-state index < -0.39 is 0 Å². The Morgan fingerprint density at radius 2 is 2.00 bits per heavy atom. The molecular weight excluding hydrogens is 252 g/mol. The van der Waals surface area contributed by atoms with Crippen LogP contribution in [0.1, 0.15) is 63.4 Å². The molecule has 20 heavy (non-hydrogen) atoms. The summed E-state index contributed by atoms with van der Waals surface area (Å²) in [7, 11) is 0. The van der Waals surface area contributed by atoms with Gasteiger partial charge in [-0.05, 0) is 30.6 Å². The minimum Gasteiger partial charge on any atom is -0.336 e. The number of aryl methyl sites for hydroxylation is 1. The van der Waals surface area contributed by atoms with Gasteiger partial charge in [0.1, 0.15) is 5.82 Å². The Labute approximate surface area is 121 Å². The quantitative estimate of drug-likeness (QED) is 0.924. The molecule has 1 amide bonds. The highest BCUT2D eigenvalue weighted by molar-refractivity contribution is 5.90. The van der Waals surface area contributed by atoms with Crippen LogP contribution in [0.4, 0.5) is 0 Å². The summed E-state index contributed by atoms with van der Waals surface area (Å²) in [5, 5.41) is 6.90. The first-order valence-corrected chi connectivity index (χ1v) is 7.62. The lowest BCUT2D eigenvalue weighted by Crippen LogP contribution is -2.41. The Balaban J connectivity index is 1.94. The smallest absolute Gasteiger partial charge is 0.293 e. The highest BCUT2D eigenvalue weighted by Crippen LogP contribution is 2.34. The van der Waals surface area contributed by atoms with Crippen LogP contribution in [0.15, 0.2) is 0 Å². The number of hydrogen-bond donors (Lipinski definition) is 1. The molecule has 5 heteroatoms. The Morgan fingerprint density at radius 1 is 1.35 bits per heavy atom. The molecule has 0 saturated carbocycles. The summed E-state index contributed by atoms with van der Waals surface area (Å²) in [6, 6.07) is 0. The molecule has 0 bridgehead atoms. The average molecular weight is 278 g/mol. The largest absolute Gasteiger partial charge is 0.336 e. The number of aromatic nitrogens is 3. The van der Waals surface area contributed by atoms with Gasteiger partial charge < -0.3 is 4.90 Å². The molecule has 1 fully saturated rings. The first-order valence-electron chi connectivity index (χ1n) is 7.62. The lowest BCUT2D eigenvalue weighted by molar-refractivity contribution is 0.0597. The summed E-state index contributed by atoms with van der Waals surface area (Å²) in [5.41, 5.74) is 0.327. The highest BCUT2D eigenvalue weighted by Gasteiger charge is 2.31. The molecule has 1 aromatic rings. The molecule has 0 aromatic carbocycles. The molecule has 2 heterocycles. The summed E-state index contributed by atoms with van der Waals surface area (Å²) >= 11 is 0. The average Bonchev–Trinajstić information content (AvgIpc) is 2.86. The second-order valence-electron chi connectivity index (χ2n) is 6.79. The fourth-order valence-electron chi connectivity index (χ4n) is 2.83. The monoisotopic (exact) mass is 278 g/mol. The third-order valence-corrected chi connectivity index (χ3v) is 4.22. The van der Waals surface area contributed by atoms with Crippen LogP contribution in [-0.4, -0.2) is 39.1 Å². The van der Waals surface area contributed by atoms with Gasteiger partial charge in [-0.2, -0.15) is 0 Å². The molecule has 5 nitrogen and oxygen atoms in total. The number of piperidine rings is 1. The maximum atomic E-state index is 12.4. The van der Waals surface area contributed by atoms with Crippen molar-refractivity contribution < 1.29 is 4.79 Å². The number of amides is 1. The fourth-order valence-corrected chi connectivity index (χ4v) is 2.83. The standard InChI is InChI=1S/C15H26N4O/c1-5-6-12-16-13(18-17-12)14(20)19-9-7-11(8-10-19)15(2,3)4/h11H,5-10H2,1-4H3,(H,16,17,18). The van der Waals surface area contributed by atoms with Crippen molar-refractivity contribution in [2.24, 2.45) is 11.3 Å². The number of rotatable bonds is 3. The van der Waals surface area contributed by atoms with E-state index >= 15 is 0 Å². The van der Waals surface area contributed by atoms with Crippen LogP contribution in [-0.2, 0) is 6.42 Å². The molecule has 1 saturated heterocycles.